The minimum absolute atomic E-state index is 0.0220. The number of carbonyl (C=O) groups is 2. The lowest BCUT2D eigenvalue weighted by Gasteiger charge is -2.34. The summed E-state index contributed by atoms with van der Waals surface area (Å²) in [5.74, 6) is 1.87. The number of fused-ring (bicyclic) bond motifs is 1. The van der Waals surface area contributed by atoms with Crippen molar-refractivity contribution in [2.75, 3.05) is 6.54 Å². The highest BCUT2D eigenvalue weighted by Crippen LogP contribution is 2.41. The van der Waals surface area contributed by atoms with Crippen molar-refractivity contribution in [1.29, 1.82) is 0 Å². The SMILES string of the molecule is Cc1cc2c(o1)CC(C)(C)CC2NC(=O)NCCC(=O)NC1CCCCC1. The molecule has 0 aromatic carbocycles. The van der Waals surface area contributed by atoms with Crippen LogP contribution in [0.15, 0.2) is 10.5 Å². The van der Waals surface area contributed by atoms with E-state index in [1.54, 1.807) is 0 Å². The minimum atomic E-state index is -0.229. The highest BCUT2D eigenvalue weighted by atomic mass is 16.3. The van der Waals surface area contributed by atoms with Crippen molar-refractivity contribution in [3.8, 4) is 0 Å². The van der Waals surface area contributed by atoms with E-state index in [-0.39, 0.29) is 23.4 Å². The summed E-state index contributed by atoms with van der Waals surface area (Å²) in [6, 6.07) is 2.05. The molecule has 1 unspecified atom stereocenters. The largest absolute Gasteiger partial charge is 0.466 e. The van der Waals surface area contributed by atoms with E-state index < -0.39 is 0 Å². The van der Waals surface area contributed by atoms with Gasteiger partial charge in [-0.2, -0.15) is 0 Å². The maximum absolute atomic E-state index is 12.3. The van der Waals surface area contributed by atoms with Crippen LogP contribution in [0.25, 0.3) is 0 Å². The minimum Gasteiger partial charge on any atom is -0.466 e. The van der Waals surface area contributed by atoms with Gasteiger partial charge in [-0.05, 0) is 37.7 Å². The monoisotopic (exact) mass is 375 g/mol. The van der Waals surface area contributed by atoms with Gasteiger partial charge in [-0.15, -0.1) is 0 Å². The summed E-state index contributed by atoms with van der Waals surface area (Å²) in [4.78, 5) is 24.4. The number of urea groups is 1. The Labute approximate surface area is 161 Å². The molecule has 1 saturated carbocycles. The number of nitrogens with one attached hydrogen (secondary N) is 3. The lowest BCUT2D eigenvalue weighted by atomic mass is 9.75. The van der Waals surface area contributed by atoms with Gasteiger partial charge in [0.1, 0.15) is 11.5 Å². The molecule has 1 heterocycles. The first kappa shape index (κ1) is 19.8. The summed E-state index contributed by atoms with van der Waals surface area (Å²) in [6.45, 7) is 6.66. The molecule has 0 radical (unpaired) electrons. The summed E-state index contributed by atoms with van der Waals surface area (Å²) in [5.41, 5.74) is 1.16. The number of rotatable bonds is 5. The molecule has 0 bridgehead atoms. The van der Waals surface area contributed by atoms with E-state index in [1.807, 2.05) is 13.0 Å². The van der Waals surface area contributed by atoms with Crippen LogP contribution in [0.2, 0.25) is 0 Å². The third kappa shape index (κ3) is 5.50. The summed E-state index contributed by atoms with van der Waals surface area (Å²) in [7, 11) is 0. The molecular formula is C21H33N3O3. The maximum Gasteiger partial charge on any atom is 0.315 e. The highest BCUT2D eigenvalue weighted by molar-refractivity contribution is 5.78. The van der Waals surface area contributed by atoms with Crippen LogP contribution in [-0.4, -0.2) is 24.5 Å². The summed E-state index contributed by atoms with van der Waals surface area (Å²) < 4.78 is 5.81. The lowest BCUT2D eigenvalue weighted by molar-refractivity contribution is -0.121. The topological polar surface area (TPSA) is 83.4 Å². The molecule has 2 aliphatic carbocycles. The van der Waals surface area contributed by atoms with Crippen LogP contribution >= 0.6 is 0 Å². The van der Waals surface area contributed by atoms with Crippen LogP contribution < -0.4 is 16.0 Å². The summed E-state index contributed by atoms with van der Waals surface area (Å²) in [6.07, 6.45) is 7.87. The van der Waals surface area contributed by atoms with E-state index in [1.165, 1.54) is 19.3 Å². The molecule has 3 rings (SSSR count). The fourth-order valence-corrected chi connectivity index (χ4v) is 4.36. The molecule has 150 valence electrons. The van der Waals surface area contributed by atoms with E-state index in [2.05, 4.69) is 29.8 Å². The van der Waals surface area contributed by atoms with Crippen LogP contribution in [0.3, 0.4) is 0 Å². The molecule has 0 aliphatic heterocycles. The van der Waals surface area contributed by atoms with Crippen LogP contribution in [0.1, 0.15) is 81.9 Å². The fraction of sp³-hybridized carbons (Fsp3) is 0.714. The number of aryl methyl sites for hydroxylation is 1. The van der Waals surface area contributed by atoms with Gasteiger partial charge in [-0.1, -0.05) is 33.1 Å². The van der Waals surface area contributed by atoms with E-state index in [9.17, 15) is 9.59 Å². The summed E-state index contributed by atoms with van der Waals surface area (Å²) in [5, 5.41) is 8.96. The Hall–Kier alpha value is -1.98. The lowest BCUT2D eigenvalue weighted by Crippen LogP contribution is -2.43. The number of hydrogen-bond donors (Lipinski definition) is 3. The molecule has 1 aromatic rings. The maximum atomic E-state index is 12.3. The Balaban J connectivity index is 1.44. The first-order chi connectivity index (χ1) is 12.8. The average Bonchev–Trinajstić information content (AvgIpc) is 2.94. The van der Waals surface area contributed by atoms with Gasteiger partial charge in [0.25, 0.3) is 0 Å². The molecule has 1 atom stereocenters. The Morgan fingerprint density at radius 3 is 2.67 bits per heavy atom. The molecule has 3 N–H and O–H groups in total. The molecule has 3 amide bonds. The highest BCUT2D eigenvalue weighted by Gasteiger charge is 2.35. The predicted octanol–water partition coefficient (Wildman–Crippen LogP) is 3.74. The molecule has 6 nitrogen and oxygen atoms in total. The van der Waals surface area contributed by atoms with E-state index in [4.69, 9.17) is 4.42 Å². The van der Waals surface area contributed by atoms with Gasteiger partial charge in [0.15, 0.2) is 0 Å². The van der Waals surface area contributed by atoms with Gasteiger partial charge in [0.2, 0.25) is 5.91 Å². The van der Waals surface area contributed by atoms with Crippen molar-refractivity contribution in [3.05, 3.63) is 23.2 Å². The number of furan rings is 1. The van der Waals surface area contributed by atoms with Gasteiger partial charge >= 0.3 is 6.03 Å². The third-order valence-corrected chi connectivity index (χ3v) is 5.65. The van der Waals surface area contributed by atoms with Crippen molar-refractivity contribution in [1.82, 2.24) is 16.0 Å². The van der Waals surface area contributed by atoms with Gasteiger partial charge in [0.05, 0.1) is 6.04 Å². The Morgan fingerprint density at radius 1 is 1.19 bits per heavy atom. The Kier molecular flexibility index (Phi) is 6.12. The van der Waals surface area contributed by atoms with Crippen molar-refractivity contribution in [2.45, 2.75) is 84.2 Å². The zero-order chi connectivity index (χ0) is 19.4. The smallest absolute Gasteiger partial charge is 0.315 e. The van der Waals surface area contributed by atoms with E-state index >= 15 is 0 Å². The molecular weight excluding hydrogens is 342 g/mol. The van der Waals surface area contributed by atoms with E-state index in [0.717, 1.165) is 42.8 Å². The zero-order valence-corrected chi connectivity index (χ0v) is 16.8. The van der Waals surface area contributed by atoms with Crippen molar-refractivity contribution in [3.63, 3.8) is 0 Å². The van der Waals surface area contributed by atoms with Crippen LogP contribution in [-0.2, 0) is 11.2 Å². The third-order valence-electron chi connectivity index (χ3n) is 5.65. The van der Waals surface area contributed by atoms with Crippen molar-refractivity contribution < 1.29 is 14.0 Å². The quantitative estimate of drug-likeness (QED) is 0.733. The summed E-state index contributed by atoms with van der Waals surface area (Å²) >= 11 is 0. The normalized spacial score (nSPS) is 22.0. The van der Waals surface area contributed by atoms with Crippen molar-refractivity contribution >= 4 is 11.9 Å². The number of carbonyl (C=O) groups excluding carboxylic acids is 2. The molecule has 0 spiro atoms. The number of hydrogen-bond acceptors (Lipinski definition) is 3. The van der Waals surface area contributed by atoms with Crippen LogP contribution in [0.4, 0.5) is 4.79 Å². The standard InChI is InChI=1S/C21H33N3O3/c1-14-11-16-17(12-21(2,3)13-18(16)27-14)24-20(26)22-10-9-19(25)23-15-7-5-4-6-8-15/h11,15,17H,4-10,12-13H2,1-3H3,(H,23,25)(H2,22,24,26). The van der Waals surface area contributed by atoms with Gasteiger partial charge < -0.3 is 20.4 Å². The molecule has 2 aliphatic rings. The molecule has 6 heteroatoms. The van der Waals surface area contributed by atoms with Gasteiger partial charge in [-0.25, -0.2) is 4.79 Å². The second kappa shape index (κ2) is 8.36. The van der Waals surface area contributed by atoms with Crippen molar-refractivity contribution in [2.24, 2.45) is 5.41 Å². The Bertz CT molecular complexity index is 674. The number of amides is 3. The molecule has 1 aromatic heterocycles. The predicted molar refractivity (Wildman–Crippen MR) is 104 cm³/mol. The second-order valence-corrected chi connectivity index (χ2v) is 8.89. The zero-order valence-electron chi connectivity index (χ0n) is 16.8. The molecule has 27 heavy (non-hydrogen) atoms. The van der Waals surface area contributed by atoms with Gasteiger partial charge in [-0.3, -0.25) is 4.79 Å². The molecule has 1 fully saturated rings. The first-order valence-corrected chi connectivity index (χ1v) is 10.3. The second-order valence-electron chi connectivity index (χ2n) is 8.89. The van der Waals surface area contributed by atoms with E-state index in [0.29, 0.717) is 19.0 Å². The average molecular weight is 376 g/mol. The fourth-order valence-electron chi connectivity index (χ4n) is 4.36. The van der Waals surface area contributed by atoms with Crippen LogP contribution in [0.5, 0.6) is 0 Å². The Morgan fingerprint density at radius 2 is 1.93 bits per heavy atom. The first-order valence-electron chi connectivity index (χ1n) is 10.3. The molecule has 0 saturated heterocycles. The van der Waals surface area contributed by atoms with Crippen LogP contribution in [0, 0.1) is 12.3 Å². The van der Waals surface area contributed by atoms with Gasteiger partial charge in [0, 0.05) is 31.0 Å².